The molecule has 9 atom stereocenters. The second-order valence-corrected chi connectivity index (χ2v) is 18.7. The van der Waals surface area contributed by atoms with E-state index in [-0.39, 0.29) is 56.4 Å². The van der Waals surface area contributed by atoms with Crippen LogP contribution >= 0.6 is 0 Å². The lowest BCUT2D eigenvalue weighted by molar-refractivity contribution is -0.165. The Kier molecular flexibility index (Phi) is 21.6. The molecule has 2 aromatic rings. The van der Waals surface area contributed by atoms with Gasteiger partial charge in [0.25, 0.3) is 0 Å². The molecule has 0 unspecified atom stereocenters. The number of phenols is 2. The van der Waals surface area contributed by atoms with Crippen LogP contribution in [-0.2, 0) is 60.7 Å². The number of benzene rings is 2. The number of aliphatic hydroxyl groups is 1. The Morgan fingerprint density at radius 3 is 1.94 bits per heavy atom. The van der Waals surface area contributed by atoms with Gasteiger partial charge in [-0.3, -0.25) is 38.4 Å². The van der Waals surface area contributed by atoms with Crippen LogP contribution in [-0.4, -0.2) is 145 Å². The minimum absolute atomic E-state index is 0.0261. The molecule has 2 aliphatic heterocycles. The molecule has 2 bridgehead atoms. The molecule has 2 fully saturated rings. The van der Waals surface area contributed by atoms with E-state index < -0.39 is 120 Å². The van der Waals surface area contributed by atoms with Crippen molar-refractivity contribution in [2.24, 2.45) is 5.92 Å². The maximum absolute atomic E-state index is 14.8. The number of rotatable bonds is 18. The van der Waals surface area contributed by atoms with Gasteiger partial charge in [-0.1, -0.05) is 77.6 Å². The Morgan fingerprint density at radius 2 is 1.37 bits per heavy atom. The number of ether oxygens (including phenoxy) is 1. The zero-order valence-corrected chi connectivity index (χ0v) is 41.4. The van der Waals surface area contributed by atoms with Crippen molar-refractivity contribution in [2.45, 2.75) is 173 Å². The zero-order chi connectivity index (χ0) is 52.5. The van der Waals surface area contributed by atoms with Crippen LogP contribution in [0.4, 0.5) is 0 Å². The van der Waals surface area contributed by atoms with Crippen molar-refractivity contribution in [1.82, 2.24) is 36.4 Å². The number of hydrogen-bond donors (Lipinski definition) is 9. The summed E-state index contributed by atoms with van der Waals surface area (Å²) in [5.41, 5.74) is 0.935. The molecule has 21 heteroatoms. The SMILES string of the molecule is CCCCCC(=O)N[C@@H](CCC(=O)O)C(=O)N[C@@H]1C(=O)N[C@@H](Cc2ccc(O)cc2)C(=O)N[C@H]2CC[C@@H](O)N(C2=O)[C@@H](CCCC)C(=O)N(C)[C@@H](Cc2ccc(O)cc2)C(=O)N[C@@H](C(C)C)C(=O)O[C@@H]1C. The third-order valence-electron chi connectivity index (χ3n) is 12.7. The fourth-order valence-electron chi connectivity index (χ4n) is 8.50. The van der Waals surface area contributed by atoms with Crippen LogP contribution in [0.2, 0.25) is 0 Å². The van der Waals surface area contributed by atoms with Crippen LogP contribution in [0.25, 0.3) is 0 Å². The first-order chi connectivity index (χ1) is 33.6. The molecule has 4 rings (SSSR count). The molecule has 9 N–H and O–H groups in total. The molecular formula is C50H71N7O14. The van der Waals surface area contributed by atoms with E-state index in [0.717, 1.165) is 16.2 Å². The summed E-state index contributed by atoms with van der Waals surface area (Å²) >= 11 is 0. The number of carboxylic acid groups (broad SMARTS) is 1. The number of esters is 1. The minimum atomic E-state index is -1.84. The number of unbranched alkanes of at least 4 members (excludes halogenated alkanes) is 3. The van der Waals surface area contributed by atoms with Crippen molar-refractivity contribution >= 4 is 53.3 Å². The summed E-state index contributed by atoms with van der Waals surface area (Å²) in [5, 5.41) is 54.0. The average molecular weight is 994 g/mol. The van der Waals surface area contributed by atoms with Crippen LogP contribution in [0.5, 0.6) is 11.5 Å². The highest BCUT2D eigenvalue weighted by molar-refractivity contribution is 5.98. The number of aliphatic carboxylic acids is 1. The number of fused-ring (bicyclic) bond motifs is 2. The van der Waals surface area contributed by atoms with Crippen LogP contribution in [0.1, 0.15) is 116 Å². The molecule has 0 spiro atoms. The molecule has 2 saturated heterocycles. The quantitative estimate of drug-likeness (QED) is 0.0759. The zero-order valence-electron chi connectivity index (χ0n) is 41.4. The normalized spacial score (nSPS) is 24.3. The van der Waals surface area contributed by atoms with E-state index in [4.69, 9.17) is 4.74 Å². The first-order valence-corrected chi connectivity index (χ1v) is 24.4. The third kappa shape index (κ3) is 16.4. The summed E-state index contributed by atoms with van der Waals surface area (Å²) in [7, 11) is 1.36. The van der Waals surface area contributed by atoms with Gasteiger partial charge < -0.3 is 61.5 Å². The molecule has 2 aliphatic rings. The van der Waals surface area contributed by atoms with Gasteiger partial charge in [0.15, 0.2) is 0 Å². The Bertz CT molecular complexity index is 2190. The fraction of sp³-hybridized carbons (Fsp3) is 0.580. The summed E-state index contributed by atoms with van der Waals surface area (Å²) in [6.07, 6.45) is -1.49. The number of hydrogen-bond acceptors (Lipinski definition) is 13. The van der Waals surface area contributed by atoms with Crippen LogP contribution in [0.3, 0.4) is 0 Å². The summed E-state index contributed by atoms with van der Waals surface area (Å²) in [6, 6.07) is 1.24. The van der Waals surface area contributed by atoms with Crippen molar-refractivity contribution in [2.75, 3.05) is 7.05 Å². The second kappa shape index (κ2) is 27.0. The van der Waals surface area contributed by atoms with E-state index in [2.05, 4.69) is 26.6 Å². The number of aliphatic hydroxyl groups excluding tert-OH is 1. The number of aromatic hydroxyl groups is 2. The highest BCUT2D eigenvalue weighted by atomic mass is 16.5. The molecule has 21 nitrogen and oxygen atoms in total. The van der Waals surface area contributed by atoms with Gasteiger partial charge in [-0.15, -0.1) is 0 Å². The van der Waals surface area contributed by atoms with Gasteiger partial charge in [-0.05, 0) is 80.3 Å². The second-order valence-electron chi connectivity index (χ2n) is 18.7. The molecular weight excluding hydrogens is 923 g/mol. The maximum Gasteiger partial charge on any atom is 0.329 e. The molecule has 390 valence electrons. The van der Waals surface area contributed by atoms with Gasteiger partial charge in [0.2, 0.25) is 41.4 Å². The highest BCUT2D eigenvalue weighted by Crippen LogP contribution is 2.26. The Morgan fingerprint density at radius 1 is 0.761 bits per heavy atom. The van der Waals surface area contributed by atoms with Gasteiger partial charge in [0.05, 0.1) is 0 Å². The summed E-state index contributed by atoms with van der Waals surface area (Å²) < 4.78 is 5.87. The molecule has 0 saturated carbocycles. The van der Waals surface area contributed by atoms with Crippen molar-refractivity contribution in [3.8, 4) is 11.5 Å². The lowest BCUT2D eigenvalue weighted by Gasteiger charge is -2.43. The first-order valence-electron chi connectivity index (χ1n) is 24.4. The third-order valence-corrected chi connectivity index (χ3v) is 12.7. The van der Waals surface area contributed by atoms with E-state index in [1.54, 1.807) is 26.0 Å². The van der Waals surface area contributed by atoms with Crippen molar-refractivity contribution in [1.29, 1.82) is 0 Å². The van der Waals surface area contributed by atoms with Crippen LogP contribution in [0, 0.1) is 5.92 Å². The van der Waals surface area contributed by atoms with Crippen molar-refractivity contribution < 1.29 is 68.3 Å². The van der Waals surface area contributed by atoms with E-state index in [9.17, 15) is 63.6 Å². The number of carboxylic acids is 1. The van der Waals surface area contributed by atoms with Crippen molar-refractivity contribution in [3.05, 3.63) is 59.7 Å². The minimum Gasteiger partial charge on any atom is -0.508 e. The van der Waals surface area contributed by atoms with E-state index in [0.29, 0.717) is 36.8 Å². The highest BCUT2D eigenvalue weighted by Gasteiger charge is 2.45. The lowest BCUT2D eigenvalue weighted by Crippen LogP contribution is -2.65. The fourth-order valence-corrected chi connectivity index (χ4v) is 8.50. The Labute approximate surface area is 413 Å². The molecule has 2 heterocycles. The molecule has 7 amide bonds. The van der Waals surface area contributed by atoms with Gasteiger partial charge >= 0.3 is 11.9 Å². The topological polar surface area (TPSA) is 310 Å². The number of carbonyl (C=O) groups excluding carboxylic acids is 8. The number of amides is 7. The molecule has 2 aromatic carbocycles. The number of phenolic OH excluding ortho intramolecular Hbond substituents is 2. The van der Waals surface area contributed by atoms with E-state index >= 15 is 0 Å². The lowest BCUT2D eigenvalue weighted by atomic mass is 9.96. The number of nitrogens with zero attached hydrogens (tertiary/aromatic N) is 2. The largest absolute Gasteiger partial charge is 0.508 e. The Balaban J connectivity index is 1.87. The standard InChI is InChI=1S/C50H71N7O14/c1-7-9-11-13-39(60)51-34(23-25-41(62)63)44(64)55-43-29(5)71-50(70)42(28(3)4)54-46(66)38(27-31-16-20-33(59)21-17-31)56(6)49(69)37(12-10-8-2)57-40(61)24-22-35(48(57)68)52-45(65)36(53-47(43)67)26-30-14-18-32(58)19-15-30/h14-21,28-29,34-38,40,42-43,58-59,61H,7-13,22-27H2,1-6H3,(H,51,60)(H,52,65)(H,53,67)(H,54,66)(H,55,64)(H,62,63)/t29-,34+,35+,36+,37+,38+,40-,42+,43+/m1/s1. The first kappa shape index (κ1) is 56.8. The molecule has 71 heavy (non-hydrogen) atoms. The smallest absolute Gasteiger partial charge is 0.329 e. The predicted molar refractivity (Wildman–Crippen MR) is 257 cm³/mol. The molecule has 0 aliphatic carbocycles. The monoisotopic (exact) mass is 994 g/mol. The number of likely N-dealkylation sites (N-methyl/N-ethyl adjacent to an activating group) is 1. The average Bonchev–Trinajstić information content (AvgIpc) is 3.32. The van der Waals surface area contributed by atoms with E-state index in [1.807, 2.05) is 13.8 Å². The molecule has 0 aromatic heterocycles. The van der Waals surface area contributed by atoms with E-state index in [1.165, 1.54) is 50.4 Å². The van der Waals surface area contributed by atoms with Crippen LogP contribution in [0.15, 0.2) is 48.5 Å². The number of carbonyl (C=O) groups is 9. The predicted octanol–water partition coefficient (Wildman–Crippen LogP) is 1.68. The Hall–Kier alpha value is -6.77. The number of nitrogens with one attached hydrogen (secondary N) is 5. The van der Waals surface area contributed by atoms with Crippen LogP contribution < -0.4 is 26.6 Å². The van der Waals surface area contributed by atoms with Gasteiger partial charge in [-0.25, -0.2) is 4.79 Å². The number of piperidine rings is 1. The van der Waals surface area contributed by atoms with Gasteiger partial charge in [0.1, 0.15) is 66.1 Å². The van der Waals surface area contributed by atoms with Crippen molar-refractivity contribution in [3.63, 3.8) is 0 Å². The number of cyclic esters (lactones) is 1. The van der Waals surface area contributed by atoms with Gasteiger partial charge in [0, 0.05) is 32.7 Å². The molecule has 0 radical (unpaired) electrons. The summed E-state index contributed by atoms with van der Waals surface area (Å²) in [5.74, 6) is -9.09. The summed E-state index contributed by atoms with van der Waals surface area (Å²) in [4.78, 5) is 128. The van der Waals surface area contributed by atoms with Gasteiger partial charge in [-0.2, -0.15) is 0 Å². The summed E-state index contributed by atoms with van der Waals surface area (Å²) in [6.45, 7) is 8.28. The maximum atomic E-state index is 14.8.